The minimum Gasteiger partial charge on any atom is -0.497 e. The Labute approximate surface area is 110 Å². The number of aliphatic hydroxyl groups is 1. The molecule has 0 saturated carbocycles. The van der Waals surface area contributed by atoms with E-state index in [-0.39, 0.29) is 13.0 Å². The lowest BCUT2D eigenvalue weighted by molar-refractivity contribution is -0.175. The van der Waals surface area contributed by atoms with Gasteiger partial charge in [0.05, 0.1) is 13.2 Å². The van der Waals surface area contributed by atoms with Gasteiger partial charge in [0.1, 0.15) is 12.4 Å². The van der Waals surface area contributed by atoms with E-state index < -0.39 is 18.9 Å². The summed E-state index contributed by atoms with van der Waals surface area (Å²) in [6.45, 7) is -1.39. The highest BCUT2D eigenvalue weighted by Gasteiger charge is 2.27. The van der Waals surface area contributed by atoms with Crippen molar-refractivity contribution in [2.24, 2.45) is 0 Å². The number of rotatable bonds is 7. The molecule has 6 heteroatoms. The summed E-state index contributed by atoms with van der Waals surface area (Å²) >= 11 is 0. The highest BCUT2D eigenvalue weighted by atomic mass is 19.4. The minimum atomic E-state index is -4.32. The maximum absolute atomic E-state index is 11.8. The number of halogens is 3. The van der Waals surface area contributed by atoms with Crippen LogP contribution in [-0.4, -0.2) is 37.7 Å². The first kappa shape index (κ1) is 15.8. The van der Waals surface area contributed by atoms with E-state index in [0.717, 1.165) is 5.56 Å². The molecule has 0 fully saturated rings. The fourth-order valence-electron chi connectivity index (χ4n) is 1.54. The second kappa shape index (κ2) is 7.35. The Morgan fingerprint density at radius 1 is 1.21 bits per heavy atom. The van der Waals surface area contributed by atoms with Crippen LogP contribution in [0.3, 0.4) is 0 Å². The van der Waals surface area contributed by atoms with E-state index in [1.807, 2.05) is 0 Å². The van der Waals surface area contributed by atoms with Crippen molar-refractivity contribution in [1.82, 2.24) is 0 Å². The van der Waals surface area contributed by atoms with Crippen molar-refractivity contribution in [2.75, 3.05) is 20.3 Å². The molecule has 0 aliphatic carbocycles. The van der Waals surface area contributed by atoms with E-state index in [1.54, 1.807) is 31.4 Å². The van der Waals surface area contributed by atoms with E-state index >= 15 is 0 Å². The molecular weight excluding hydrogens is 261 g/mol. The van der Waals surface area contributed by atoms with E-state index in [9.17, 15) is 18.3 Å². The highest BCUT2D eigenvalue weighted by Crippen LogP contribution is 2.16. The molecule has 0 spiro atoms. The summed E-state index contributed by atoms with van der Waals surface area (Å²) < 4.78 is 44.8. The Morgan fingerprint density at radius 3 is 2.37 bits per heavy atom. The summed E-state index contributed by atoms with van der Waals surface area (Å²) in [5.74, 6) is 0.715. The number of hydrogen-bond acceptors (Lipinski definition) is 3. The molecule has 1 unspecified atom stereocenters. The van der Waals surface area contributed by atoms with Crippen LogP contribution >= 0.6 is 0 Å². The van der Waals surface area contributed by atoms with Crippen LogP contribution < -0.4 is 4.74 Å². The fraction of sp³-hybridized carbons (Fsp3) is 0.538. The summed E-state index contributed by atoms with van der Waals surface area (Å²) in [7, 11) is 1.56. The third kappa shape index (κ3) is 7.03. The van der Waals surface area contributed by atoms with Crippen molar-refractivity contribution >= 4 is 0 Å². The van der Waals surface area contributed by atoms with E-state index in [0.29, 0.717) is 12.2 Å². The van der Waals surface area contributed by atoms with Crippen LogP contribution in [-0.2, 0) is 11.2 Å². The van der Waals surface area contributed by atoms with Gasteiger partial charge in [-0.15, -0.1) is 0 Å². The summed E-state index contributed by atoms with van der Waals surface area (Å²) in [5.41, 5.74) is 0.893. The zero-order valence-corrected chi connectivity index (χ0v) is 10.6. The van der Waals surface area contributed by atoms with Gasteiger partial charge in [0.15, 0.2) is 0 Å². The van der Waals surface area contributed by atoms with Crippen LogP contribution in [0.2, 0.25) is 0 Å². The van der Waals surface area contributed by atoms with Gasteiger partial charge in [-0.25, -0.2) is 0 Å². The topological polar surface area (TPSA) is 38.7 Å². The molecule has 19 heavy (non-hydrogen) atoms. The summed E-state index contributed by atoms with van der Waals surface area (Å²) in [5, 5.41) is 9.67. The molecule has 0 saturated heterocycles. The number of methoxy groups -OCH3 is 1. The van der Waals surface area contributed by atoms with Gasteiger partial charge < -0.3 is 14.6 Å². The van der Waals surface area contributed by atoms with Gasteiger partial charge in [-0.05, 0) is 30.5 Å². The zero-order chi connectivity index (χ0) is 14.3. The Bertz CT molecular complexity index is 362. The Balaban J connectivity index is 2.24. The normalized spacial score (nSPS) is 13.3. The Kier molecular flexibility index (Phi) is 6.11. The molecule has 0 heterocycles. The molecule has 0 aliphatic rings. The fourth-order valence-corrected chi connectivity index (χ4v) is 1.54. The predicted octanol–water partition coefficient (Wildman–Crippen LogP) is 2.57. The molecule has 3 nitrogen and oxygen atoms in total. The van der Waals surface area contributed by atoms with Crippen molar-refractivity contribution in [2.45, 2.75) is 25.1 Å². The molecule has 0 radical (unpaired) electrons. The van der Waals surface area contributed by atoms with Crippen LogP contribution in [0, 0.1) is 0 Å². The Morgan fingerprint density at radius 2 is 1.84 bits per heavy atom. The molecular formula is C13H17F3O3. The first-order valence-electron chi connectivity index (χ1n) is 5.86. The van der Waals surface area contributed by atoms with Crippen LogP contribution in [0.4, 0.5) is 13.2 Å². The quantitative estimate of drug-likeness (QED) is 0.779. The van der Waals surface area contributed by atoms with Crippen molar-refractivity contribution in [3.63, 3.8) is 0 Å². The van der Waals surface area contributed by atoms with Crippen molar-refractivity contribution < 1.29 is 27.8 Å². The van der Waals surface area contributed by atoms with E-state index in [4.69, 9.17) is 4.74 Å². The third-order valence-electron chi connectivity index (χ3n) is 2.49. The van der Waals surface area contributed by atoms with Gasteiger partial charge in [-0.2, -0.15) is 13.2 Å². The SMILES string of the molecule is COc1ccc(CC(O)CCOCC(F)(F)F)cc1. The van der Waals surface area contributed by atoms with Crippen molar-refractivity contribution in [1.29, 1.82) is 0 Å². The zero-order valence-electron chi connectivity index (χ0n) is 10.6. The van der Waals surface area contributed by atoms with Crippen molar-refractivity contribution in [3.05, 3.63) is 29.8 Å². The highest BCUT2D eigenvalue weighted by molar-refractivity contribution is 5.27. The minimum absolute atomic E-state index is 0.114. The van der Waals surface area contributed by atoms with Crippen LogP contribution in [0.15, 0.2) is 24.3 Å². The predicted molar refractivity (Wildman–Crippen MR) is 64.2 cm³/mol. The number of hydrogen-bond donors (Lipinski definition) is 1. The largest absolute Gasteiger partial charge is 0.497 e. The molecule has 1 atom stereocenters. The van der Waals surface area contributed by atoms with Gasteiger partial charge >= 0.3 is 6.18 Å². The third-order valence-corrected chi connectivity index (χ3v) is 2.49. The second-order valence-electron chi connectivity index (χ2n) is 4.16. The molecule has 0 amide bonds. The van der Waals surface area contributed by atoms with E-state index in [1.165, 1.54) is 0 Å². The number of alkyl halides is 3. The summed E-state index contributed by atoms with van der Waals surface area (Å²) in [6.07, 6.45) is -4.50. The van der Waals surface area contributed by atoms with Gasteiger partial charge in [-0.1, -0.05) is 12.1 Å². The van der Waals surface area contributed by atoms with E-state index in [2.05, 4.69) is 4.74 Å². The first-order valence-corrected chi connectivity index (χ1v) is 5.86. The molecule has 1 N–H and O–H groups in total. The first-order chi connectivity index (χ1) is 8.90. The van der Waals surface area contributed by atoms with Gasteiger partial charge in [0, 0.05) is 6.61 Å². The average Bonchev–Trinajstić information content (AvgIpc) is 2.34. The molecule has 108 valence electrons. The standard InChI is InChI=1S/C13H17F3O3/c1-18-12-4-2-10(3-5-12)8-11(17)6-7-19-9-13(14,15)16/h2-5,11,17H,6-9H2,1H3. The molecule has 1 aromatic rings. The molecule has 0 bridgehead atoms. The smallest absolute Gasteiger partial charge is 0.411 e. The maximum Gasteiger partial charge on any atom is 0.411 e. The van der Waals surface area contributed by atoms with Crippen LogP contribution in [0.5, 0.6) is 5.75 Å². The monoisotopic (exact) mass is 278 g/mol. The summed E-state index contributed by atoms with van der Waals surface area (Å²) in [4.78, 5) is 0. The molecule has 0 aromatic heterocycles. The summed E-state index contributed by atoms with van der Waals surface area (Å²) in [6, 6.07) is 7.14. The van der Waals surface area contributed by atoms with Crippen LogP contribution in [0.25, 0.3) is 0 Å². The van der Waals surface area contributed by atoms with Gasteiger partial charge in [0.25, 0.3) is 0 Å². The lowest BCUT2D eigenvalue weighted by atomic mass is 10.1. The van der Waals surface area contributed by atoms with Gasteiger partial charge in [-0.3, -0.25) is 0 Å². The van der Waals surface area contributed by atoms with Gasteiger partial charge in [0.2, 0.25) is 0 Å². The maximum atomic E-state index is 11.8. The lowest BCUT2D eigenvalue weighted by Gasteiger charge is -2.12. The van der Waals surface area contributed by atoms with Crippen LogP contribution in [0.1, 0.15) is 12.0 Å². The lowest BCUT2D eigenvalue weighted by Crippen LogP contribution is -2.20. The molecule has 0 aliphatic heterocycles. The number of benzene rings is 1. The van der Waals surface area contributed by atoms with Crippen molar-refractivity contribution in [3.8, 4) is 5.75 Å². The second-order valence-corrected chi connectivity index (χ2v) is 4.16. The molecule has 1 rings (SSSR count). The number of ether oxygens (including phenoxy) is 2. The average molecular weight is 278 g/mol. The molecule has 1 aromatic carbocycles. The Hall–Kier alpha value is -1.27. The number of aliphatic hydroxyl groups excluding tert-OH is 1.